The molecule has 0 aromatic carbocycles. The maximum Gasteiger partial charge on any atom is 0.328 e. The molecule has 0 rings (SSSR count). The monoisotopic (exact) mass is 260 g/mol. The van der Waals surface area contributed by atoms with Crippen molar-refractivity contribution in [2.75, 3.05) is 13.2 Å². The first-order valence-electron chi connectivity index (χ1n) is 6.02. The Hall–Kier alpha value is -1.14. The quantitative estimate of drug-likeness (QED) is 0.613. The number of hydrogen-bond acceptors (Lipinski definition) is 4. The summed E-state index contributed by atoms with van der Waals surface area (Å²) in [5.74, 6) is -1.39. The van der Waals surface area contributed by atoms with E-state index in [1.165, 1.54) is 0 Å². The van der Waals surface area contributed by atoms with E-state index in [1.807, 2.05) is 27.7 Å². The van der Waals surface area contributed by atoms with Gasteiger partial charge in [-0.05, 0) is 33.2 Å². The van der Waals surface area contributed by atoms with Gasteiger partial charge in [-0.3, -0.25) is 4.79 Å². The van der Waals surface area contributed by atoms with Crippen molar-refractivity contribution in [2.24, 2.45) is 11.7 Å². The van der Waals surface area contributed by atoms with Crippen LogP contribution in [0.5, 0.6) is 0 Å². The number of rotatable bonds is 7. The maximum absolute atomic E-state index is 11.6. The van der Waals surface area contributed by atoms with Crippen molar-refractivity contribution in [1.82, 2.24) is 5.32 Å². The molecule has 0 aliphatic rings. The van der Waals surface area contributed by atoms with E-state index in [1.54, 1.807) is 0 Å². The van der Waals surface area contributed by atoms with Crippen LogP contribution in [0.15, 0.2) is 0 Å². The summed E-state index contributed by atoms with van der Waals surface area (Å²) >= 11 is 0. The van der Waals surface area contributed by atoms with E-state index in [4.69, 9.17) is 15.6 Å². The molecule has 0 saturated heterocycles. The molecule has 18 heavy (non-hydrogen) atoms. The molecule has 6 heteroatoms. The van der Waals surface area contributed by atoms with Gasteiger partial charge in [-0.15, -0.1) is 0 Å². The molecule has 0 bridgehead atoms. The summed E-state index contributed by atoms with van der Waals surface area (Å²) in [6, 6.07) is -1.03. The van der Waals surface area contributed by atoms with Gasteiger partial charge in [0.25, 0.3) is 0 Å². The van der Waals surface area contributed by atoms with Crippen molar-refractivity contribution in [3.8, 4) is 0 Å². The molecule has 0 fully saturated rings. The van der Waals surface area contributed by atoms with Crippen LogP contribution in [0.1, 0.15) is 34.1 Å². The summed E-state index contributed by atoms with van der Waals surface area (Å²) in [6.07, 6.45) is 0.218. The molecule has 0 aromatic heterocycles. The molecule has 106 valence electrons. The lowest BCUT2D eigenvalue weighted by Gasteiger charge is -2.23. The van der Waals surface area contributed by atoms with Gasteiger partial charge in [-0.25, -0.2) is 4.79 Å². The van der Waals surface area contributed by atoms with Gasteiger partial charge in [0.1, 0.15) is 0 Å². The molecular formula is C12H24N2O4. The van der Waals surface area contributed by atoms with Crippen molar-refractivity contribution in [3.63, 3.8) is 0 Å². The zero-order chi connectivity index (χ0) is 14.3. The molecule has 0 aromatic rings. The second-order valence-corrected chi connectivity index (χ2v) is 5.43. The Morgan fingerprint density at radius 1 is 1.39 bits per heavy atom. The van der Waals surface area contributed by atoms with E-state index in [9.17, 15) is 9.59 Å². The molecule has 6 nitrogen and oxygen atoms in total. The zero-order valence-corrected chi connectivity index (χ0v) is 11.5. The van der Waals surface area contributed by atoms with Crippen LogP contribution >= 0.6 is 0 Å². The molecule has 0 spiro atoms. The topological polar surface area (TPSA) is 102 Å². The third-order valence-electron chi connectivity index (χ3n) is 2.25. The van der Waals surface area contributed by atoms with Gasteiger partial charge in [-0.1, -0.05) is 6.92 Å². The number of ether oxygens (including phenoxy) is 1. The highest BCUT2D eigenvalue weighted by Crippen LogP contribution is 2.07. The summed E-state index contributed by atoms with van der Waals surface area (Å²) in [5.41, 5.74) is 4.96. The highest BCUT2D eigenvalue weighted by atomic mass is 16.5. The van der Waals surface area contributed by atoms with Gasteiger partial charge in [-0.2, -0.15) is 0 Å². The lowest BCUT2D eigenvalue weighted by atomic mass is 10.1. The lowest BCUT2D eigenvalue weighted by molar-refractivity contribution is -0.145. The SMILES string of the molecule is CC(CN)CC(=O)N[C@@H](COC(C)(C)C)C(=O)O. The fraction of sp³-hybridized carbons (Fsp3) is 0.833. The number of aliphatic carboxylic acids is 1. The first kappa shape index (κ1) is 16.9. The fourth-order valence-electron chi connectivity index (χ4n) is 1.16. The summed E-state index contributed by atoms with van der Waals surface area (Å²) in [7, 11) is 0. The predicted molar refractivity (Wildman–Crippen MR) is 68.1 cm³/mol. The highest BCUT2D eigenvalue weighted by Gasteiger charge is 2.23. The van der Waals surface area contributed by atoms with Crippen LogP contribution in [0.3, 0.4) is 0 Å². The molecule has 0 radical (unpaired) electrons. The van der Waals surface area contributed by atoms with Crippen molar-refractivity contribution < 1.29 is 19.4 Å². The number of nitrogens with one attached hydrogen (secondary N) is 1. The number of carboxylic acid groups (broad SMARTS) is 1. The molecule has 0 saturated carbocycles. The van der Waals surface area contributed by atoms with Crippen molar-refractivity contribution >= 4 is 11.9 Å². The van der Waals surface area contributed by atoms with E-state index in [-0.39, 0.29) is 24.9 Å². The second-order valence-electron chi connectivity index (χ2n) is 5.43. The Balaban J connectivity index is 4.28. The van der Waals surface area contributed by atoms with Gasteiger partial charge in [0.05, 0.1) is 12.2 Å². The zero-order valence-electron chi connectivity index (χ0n) is 11.5. The smallest absolute Gasteiger partial charge is 0.328 e. The van der Waals surface area contributed by atoms with E-state index in [0.717, 1.165) is 0 Å². The summed E-state index contributed by atoms with van der Waals surface area (Å²) in [5, 5.41) is 11.4. The van der Waals surface area contributed by atoms with Crippen LogP contribution in [-0.4, -0.2) is 41.8 Å². The average molecular weight is 260 g/mol. The average Bonchev–Trinajstić information content (AvgIpc) is 2.22. The molecule has 2 atom stereocenters. The minimum Gasteiger partial charge on any atom is -0.480 e. The van der Waals surface area contributed by atoms with Crippen molar-refractivity contribution in [3.05, 3.63) is 0 Å². The Labute approximate surface area is 108 Å². The molecule has 0 aliphatic carbocycles. The van der Waals surface area contributed by atoms with Crippen molar-refractivity contribution in [1.29, 1.82) is 0 Å². The van der Waals surface area contributed by atoms with Crippen molar-refractivity contribution in [2.45, 2.75) is 45.8 Å². The van der Waals surface area contributed by atoms with Crippen LogP contribution in [0.25, 0.3) is 0 Å². The van der Waals surface area contributed by atoms with Crippen LogP contribution < -0.4 is 11.1 Å². The number of hydrogen-bond donors (Lipinski definition) is 3. The molecule has 4 N–H and O–H groups in total. The fourth-order valence-corrected chi connectivity index (χ4v) is 1.16. The number of amides is 1. The number of carbonyl (C=O) groups excluding carboxylic acids is 1. The third kappa shape index (κ3) is 8.03. The van der Waals surface area contributed by atoms with Crippen LogP contribution in [0, 0.1) is 5.92 Å². The predicted octanol–water partition coefficient (Wildman–Crippen LogP) is 0.356. The van der Waals surface area contributed by atoms with E-state index >= 15 is 0 Å². The minimum atomic E-state index is -1.10. The Morgan fingerprint density at radius 3 is 2.33 bits per heavy atom. The summed E-state index contributed by atoms with van der Waals surface area (Å²) in [4.78, 5) is 22.6. The largest absolute Gasteiger partial charge is 0.480 e. The van der Waals surface area contributed by atoms with Crippen LogP contribution in [0.2, 0.25) is 0 Å². The van der Waals surface area contributed by atoms with E-state index in [2.05, 4.69) is 5.32 Å². The Morgan fingerprint density at radius 2 is 1.94 bits per heavy atom. The number of carbonyl (C=O) groups is 2. The normalized spacial score (nSPS) is 14.9. The molecule has 0 aliphatic heterocycles. The van der Waals surface area contributed by atoms with Gasteiger partial charge in [0, 0.05) is 6.42 Å². The molecule has 1 amide bonds. The third-order valence-corrected chi connectivity index (χ3v) is 2.25. The maximum atomic E-state index is 11.6. The van der Waals surface area contributed by atoms with Crippen LogP contribution in [-0.2, 0) is 14.3 Å². The standard InChI is InChI=1S/C12H24N2O4/c1-8(6-13)5-10(15)14-9(11(16)17)7-18-12(2,3)4/h8-9H,5-7,13H2,1-4H3,(H,14,15)(H,16,17)/t8?,9-/m0/s1. The van der Waals surface area contributed by atoms with Gasteiger partial charge >= 0.3 is 5.97 Å². The number of nitrogens with two attached hydrogens (primary N) is 1. The summed E-state index contributed by atoms with van der Waals surface area (Å²) < 4.78 is 5.36. The minimum absolute atomic E-state index is 0.0305. The number of carboxylic acids is 1. The highest BCUT2D eigenvalue weighted by molar-refractivity contribution is 5.83. The molecule has 0 heterocycles. The van der Waals surface area contributed by atoms with Gasteiger partial charge in [0.15, 0.2) is 6.04 Å². The summed E-state index contributed by atoms with van der Waals surface area (Å²) in [6.45, 7) is 7.64. The van der Waals surface area contributed by atoms with Gasteiger partial charge in [0.2, 0.25) is 5.91 Å². The second kappa shape index (κ2) is 7.33. The van der Waals surface area contributed by atoms with Gasteiger partial charge < -0.3 is 20.9 Å². The molecule has 1 unspecified atom stereocenters. The lowest BCUT2D eigenvalue weighted by Crippen LogP contribution is -2.46. The first-order chi connectivity index (χ1) is 8.15. The van der Waals surface area contributed by atoms with Crippen LogP contribution in [0.4, 0.5) is 0 Å². The Bertz CT molecular complexity index is 286. The Kier molecular flexibility index (Phi) is 6.86. The van der Waals surface area contributed by atoms with E-state index < -0.39 is 17.6 Å². The van der Waals surface area contributed by atoms with E-state index in [0.29, 0.717) is 6.54 Å². The molecular weight excluding hydrogens is 236 g/mol. The first-order valence-corrected chi connectivity index (χ1v) is 6.02.